The molecule has 0 saturated carbocycles. The Hall–Kier alpha value is -1.71. The van der Waals surface area contributed by atoms with E-state index in [0.717, 1.165) is 0 Å². The van der Waals surface area contributed by atoms with Gasteiger partial charge in [-0.25, -0.2) is 0 Å². The number of para-hydroxylation sites is 1. The van der Waals surface area contributed by atoms with E-state index < -0.39 is 0 Å². The number of halogens is 2. The van der Waals surface area contributed by atoms with Crippen molar-refractivity contribution in [3.63, 3.8) is 0 Å². The molecule has 3 nitrogen and oxygen atoms in total. The van der Waals surface area contributed by atoms with E-state index in [1.54, 1.807) is 30.3 Å². The van der Waals surface area contributed by atoms with Gasteiger partial charge in [0.05, 0.1) is 10.6 Å². The maximum atomic E-state index is 7.50. The molecule has 0 aliphatic heterocycles. The molecule has 0 aromatic heterocycles. The largest absolute Gasteiger partial charge is 0.455 e. The van der Waals surface area contributed by atoms with Gasteiger partial charge in [-0.05, 0) is 30.3 Å². The van der Waals surface area contributed by atoms with E-state index in [-0.39, 0.29) is 5.84 Å². The summed E-state index contributed by atoms with van der Waals surface area (Å²) in [4.78, 5) is 0. The zero-order valence-electron chi connectivity index (χ0n) is 9.28. The van der Waals surface area contributed by atoms with E-state index in [2.05, 4.69) is 0 Å². The van der Waals surface area contributed by atoms with Gasteiger partial charge in [-0.15, -0.1) is 0 Å². The number of rotatable bonds is 3. The number of hydrogen-bond donors (Lipinski definition) is 2. The Bertz CT molecular complexity index is 599. The molecule has 0 saturated heterocycles. The van der Waals surface area contributed by atoms with Gasteiger partial charge in [0.1, 0.15) is 17.3 Å². The summed E-state index contributed by atoms with van der Waals surface area (Å²) in [5.74, 6) is 0.837. The van der Waals surface area contributed by atoms with Gasteiger partial charge < -0.3 is 10.5 Å². The van der Waals surface area contributed by atoms with Crippen molar-refractivity contribution in [2.75, 3.05) is 0 Å². The van der Waals surface area contributed by atoms with Gasteiger partial charge in [0, 0.05) is 5.02 Å². The number of hydrogen-bond acceptors (Lipinski definition) is 2. The molecule has 0 bridgehead atoms. The third kappa shape index (κ3) is 2.75. The van der Waals surface area contributed by atoms with Crippen molar-refractivity contribution in [1.82, 2.24) is 0 Å². The highest BCUT2D eigenvalue weighted by molar-refractivity contribution is 6.32. The maximum absolute atomic E-state index is 7.50. The second-order valence-corrected chi connectivity index (χ2v) is 4.43. The Kier molecular flexibility index (Phi) is 3.75. The van der Waals surface area contributed by atoms with Crippen LogP contribution in [0.15, 0.2) is 42.5 Å². The number of nitrogens with two attached hydrogens (primary N) is 1. The SMILES string of the molecule is N=C(N)c1cc(Cl)ccc1Oc1ccccc1Cl. The van der Waals surface area contributed by atoms with Crippen molar-refractivity contribution in [3.05, 3.63) is 58.1 Å². The van der Waals surface area contributed by atoms with Crippen molar-refractivity contribution in [1.29, 1.82) is 5.41 Å². The predicted molar refractivity (Wildman–Crippen MR) is 74.0 cm³/mol. The van der Waals surface area contributed by atoms with E-state index in [1.165, 1.54) is 0 Å². The third-order valence-corrected chi connectivity index (χ3v) is 2.84. The van der Waals surface area contributed by atoms with Crippen molar-refractivity contribution < 1.29 is 4.74 Å². The smallest absolute Gasteiger partial charge is 0.146 e. The second-order valence-electron chi connectivity index (χ2n) is 3.59. The first-order valence-corrected chi connectivity index (χ1v) is 5.90. The van der Waals surface area contributed by atoms with Crippen LogP contribution in [0.5, 0.6) is 11.5 Å². The van der Waals surface area contributed by atoms with Gasteiger partial charge in [0.25, 0.3) is 0 Å². The zero-order chi connectivity index (χ0) is 13.1. The fraction of sp³-hybridized carbons (Fsp3) is 0. The standard InChI is InChI=1S/C13H10Cl2N2O/c14-8-5-6-11(9(7-8)13(16)17)18-12-4-2-1-3-10(12)15/h1-7H,(H3,16,17). The summed E-state index contributed by atoms with van der Waals surface area (Å²) >= 11 is 11.9. The van der Waals surface area contributed by atoms with Crippen LogP contribution in [0, 0.1) is 5.41 Å². The van der Waals surface area contributed by atoms with Gasteiger partial charge in [0.15, 0.2) is 0 Å². The van der Waals surface area contributed by atoms with Gasteiger partial charge in [-0.2, -0.15) is 0 Å². The second kappa shape index (κ2) is 5.29. The number of ether oxygens (including phenoxy) is 1. The highest BCUT2D eigenvalue weighted by Gasteiger charge is 2.10. The molecule has 2 aromatic carbocycles. The normalized spacial score (nSPS) is 10.1. The summed E-state index contributed by atoms with van der Waals surface area (Å²) in [6.45, 7) is 0. The van der Waals surface area contributed by atoms with Gasteiger partial charge in [-0.3, -0.25) is 5.41 Å². The first-order chi connectivity index (χ1) is 8.58. The Morgan fingerprint density at radius 1 is 1.06 bits per heavy atom. The minimum atomic E-state index is -0.112. The van der Waals surface area contributed by atoms with Crippen LogP contribution in [0.3, 0.4) is 0 Å². The monoisotopic (exact) mass is 280 g/mol. The minimum Gasteiger partial charge on any atom is -0.455 e. The molecule has 2 aromatic rings. The Morgan fingerprint density at radius 3 is 2.44 bits per heavy atom. The van der Waals surface area contributed by atoms with Crippen LogP contribution >= 0.6 is 23.2 Å². The molecule has 0 amide bonds. The molecule has 0 aliphatic rings. The number of nitrogen functional groups attached to an aromatic ring is 1. The molecule has 0 heterocycles. The lowest BCUT2D eigenvalue weighted by Crippen LogP contribution is -2.12. The van der Waals surface area contributed by atoms with Crippen molar-refractivity contribution in [2.45, 2.75) is 0 Å². The third-order valence-electron chi connectivity index (χ3n) is 2.29. The lowest BCUT2D eigenvalue weighted by atomic mass is 10.2. The number of benzene rings is 2. The summed E-state index contributed by atoms with van der Waals surface area (Å²) in [6.07, 6.45) is 0. The van der Waals surface area contributed by atoms with E-state index in [1.807, 2.05) is 12.1 Å². The molecular formula is C13H10Cl2N2O. The number of nitrogens with one attached hydrogen (secondary N) is 1. The van der Waals surface area contributed by atoms with Crippen LogP contribution in [-0.2, 0) is 0 Å². The molecule has 0 spiro atoms. The van der Waals surface area contributed by atoms with Crippen LogP contribution in [0.2, 0.25) is 10.0 Å². The quantitative estimate of drug-likeness (QED) is 0.658. The zero-order valence-corrected chi connectivity index (χ0v) is 10.8. The first kappa shape index (κ1) is 12.7. The molecule has 0 fully saturated rings. The molecule has 0 unspecified atom stereocenters. The van der Waals surface area contributed by atoms with Gasteiger partial charge in [-0.1, -0.05) is 35.3 Å². The Balaban J connectivity index is 2.41. The first-order valence-electron chi connectivity index (χ1n) is 5.14. The molecule has 0 atom stereocenters. The molecule has 3 N–H and O–H groups in total. The number of amidine groups is 1. The highest BCUT2D eigenvalue weighted by Crippen LogP contribution is 2.31. The average Bonchev–Trinajstić information content (AvgIpc) is 2.34. The molecule has 2 rings (SSSR count). The Labute approximate surface area is 115 Å². The summed E-state index contributed by atoms with van der Waals surface area (Å²) in [7, 11) is 0. The lowest BCUT2D eigenvalue weighted by Gasteiger charge is -2.11. The van der Waals surface area contributed by atoms with E-state index in [4.69, 9.17) is 39.1 Å². The van der Waals surface area contributed by atoms with Crippen molar-refractivity contribution in [3.8, 4) is 11.5 Å². The van der Waals surface area contributed by atoms with Crippen LogP contribution in [0.4, 0.5) is 0 Å². The molecule has 0 aliphatic carbocycles. The van der Waals surface area contributed by atoms with Crippen LogP contribution < -0.4 is 10.5 Å². The van der Waals surface area contributed by atoms with Gasteiger partial charge in [0.2, 0.25) is 0 Å². The molecule has 92 valence electrons. The maximum Gasteiger partial charge on any atom is 0.146 e. The van der Waals surface area contributed by atoms with Crippen LogP contribution in [-0.4, -0.2) is 5.84 Å². The predicted octanol–water partition coefficient (Wildman–Crippen LogP) is 4.07. The Morgan fingerprint density at radius 2 is 1.78 bits per heavy atom. The van der Waals surface area contributed by atoms with Crippen molar-refractivity contribution in [2.24, 2.45) is 5.73 Å². The van der Waals surface area contributed by atoms with E-state index >= 15 is 0 Å². The van der Waals surface area contributed by atoms with Crippen LogP contribution in [0.1, 0.15) is 5.56 Å². The molecule has 5 heteroatoms. The summed E-state index contributed by atoms with van der Waals surface area (Å²) < 4.78 is 5.65. The molecule has 0 radical (unpaired) electrons. The lowest BCUT2D eigenvalue weighted by molar-refractivity contribution is 0.482. The minimum absolute atomic E-state index is 0.112. The fourth-order valence-electron chi connectivity index (χ4n) is 1.45. The average molecular weight is 281 g/mol. The summed E-state index contributed by atoms with van der Waals surface area (Å²) in [5, 5.41) is 8.48. The fourth-order valence-corrected chi connectivity index (χ4v) is 1.79. The van der Waals surface area contributed by atoms with E-state index in [9.17, 15) is 0 Å². The molecular weight excluding hydrogens is 271 g/mol. The summed E-state index contributed by atoms with van der Waals surface area (Å²) in [6, 6.07) is 12.0. The van der Waals surface area contributed by atoms with Crippen LogP contribution in [0.25, 0.3) is 0 Å². The summed E-state index contributed by atoms with van der Waals surface area (Å²) in [5.41, 5.74) is 5.92. The van der Waals surface area contributed by atoms with Gasteiger partial charge >= 0.3 is 0 Å². The molecule has 18 heavy (non-hydrogen) atoms. The topological polar surface area (TPSA) is 59.1 Å². The highest BCUT2D eigenvalue weighted by atomic mass is 35.5. The van der Waals surface area contributed by atoms with E-state index in [0.29, 0.717) is 27.1 Å². The van der Waals surface area contributed by atoms with Crippen molar-refractivity contribution >= 4 is 29.0 Å².